The number of aryl methyl sites for hydroxylation is 5. The van der Waals surface area contributed by atoms with Gasteiger partial charge in [-0.3, -0.25) is 0 Å². The van der Waals surface area contributed by atoms with E-state index in [-0.39, 0.29) is 0 Å². The molecular weight excluding hydrogens is 278 g/mol. The second-order valence-corrected chi connectivity index (χ2v) is 6.48. The molecule has 0 bridgehead atoms. The molecule has 2 aromatic carbocycles. The molecule has 0 radical (unpaired) electrons. The van der Waals surface area contributed by atoms with Crippen LogP contribution in [0.2, 0.25) is 0 Å². The molecule has 23 heavy (non-hydrogen) atoms. The van der Waals surface area contributed by atoms with Crippen LogP contribution < -0.4 is 4.57 Å². The van der Waals surface area contributed by atoms with E-state index in [1.807, 2.05) is 0 Å². The molecule has 0 atom stereocenters. The van der Waals surface area contributed by atoms with E-state index in [0.717, 1.165) is 0 Å². The number of pyridine rings is 1. The third-order valence-electron chi connectivity index (χ3n) is 4.40. The summed E-state index contributed by atoms with van der Waals surface area (Å²) in [5.41, 5.74) is 10.4. The normalized spacial score (nSPS) is 10.8. The van der Waals surface area contributed by atoms with Gasteiger partial charge in [-0.15, -0.1) is 0 Å². The Kier molecular flexibility index (Phi) is 4.04. The molecule has 0 aliphatic heterocycles. The molecule has 1 nitrogen and oxygen atoms in total. The maximum Gasteiger partial charge on any atom is 0.216 e. The minimum absolute atomic E-state index is 1.26. The number of hydrogen-bond acceptors (Lipinski definition) is 0. The van der Waals surface area contributed by atoms with E-state index in [4.69, 9.17) is 0 Å². The summed E-state index contributed by atoms with van der Waals surface area (Å²) in [5.74, 6) is 0. The Morgan fingerprint density at radius 2 is 1.13 bits per heavy atom. The predicted molar refractivity (Wildman–Crippen MR) is 97.1 cm³/mol. The van der Waals surface area contributed by atoms with E-state index in [1.165, 1.54) is 44.9 Å². The van der Waals surface area contributed by atoms with Crippen LogP contribution in [0.25, 0.3) is 16.8 Å². The molecule has 0 aliphatic carbocycles. The Bertz CT molecular complexity index is 814. The lowest BCUT2D eigenvalue weighted by molar-refractivity contribution is -0.610. The predicted octanol–water partition coefficient (Wildman–Crippen LogP) is 5.17. The summed E-state index contributed by atoms with van der Waals surface area (Å²) in [5, 5.41) is 0. The van der Waals surface area contributed by atoms with Gasteiger partial charge in [0, 0.05) is 37.1 Å². The first-order valence-electron chi connectivity index (χ1n) is 8.14. The quantitative estimate of drug-likeness (QED) is 0.575. The largest absolute Gasteiger partial charge is 0.216 e. The number of hydrogen-bond donors (Lipinski definition) is 0. The SMILES string of the molecule is Cc1cc(C)c(-[n+]2c(C)cc(-c3ccccc3)cc2C)c(C)c1. The number of rotatable bonds is 2. The highest BCUT2D eigenvalue weighted by atomic mass is 15.0. The summed E-state index contributed by atoms with van der Waals surface area (Å²) in [6.45, 7) is 10.9. The van der Waals surface area contributed by atoms with Gasteiger partial charge in [-0.1, -0.05) is 35.9 Å². The Balaban J connectivity index is 2.20. The summed E-state index contributed by atoms with van der Waals surface area (Å²) in [7, 11) is 0. The van der Waals surface area contributed by atoms with Crippen molar-refractivity contribution in [1.29, 1.82) is 0 Å². The minimum Gasteiger partial charge on any atom is -0.162 e. The van der Waals surface area contributed by atoms with Crippen molar-refractivity contribution < 1.29 is 4.57 Å². The smallest absolute Gasteiger partial charge is 0.162 e. The van der Waals surface area contributed by atoms with E-state index in [9.17, 15) is 0 Å². The monoisotopic (exact) mass is 302 g/mol. The lowest BCUT2D eigenvalue weighted by Gasteiger charge is -2.12. The van der Waals surface area contributed by atoms with Crippen LogP contribution in [-0.4, -0.2) is 0 Å². The molecule has 0 amide bonds. The van der Waals surface area contributed by atoms with Crippen LogP contribution in [0, 0.1) is 34.6 Å². The van der Waals surface area contributed by atoms with Gasteiger partial charge in [-0.05, 0) is 44.0 Å². The molecule has 0 saturated heterocycles. The average Bonchev–Trinajstić information content (AvgIpc) is 2.49. The third-order valence-corrected chi connectivity index (χ3v) is 4.40. The number of aromatic nitrogens is 1. The molecule has 116 valence electrons. The van der Waals surface area contributed by atoms with Crippen molar-refractivity contribution in [2.45, 2.75) is 34.6 Å². The zero-order valence-corrected chi connectivity index (χ0v) is 14.6. The zero-order valence-electron chi connectivity index (χ0n) is 14.6. The fourth-order valence-electron chi connectivity index (χ4n) is 3.57. The first-order chi connectivity index (χ1) is 11.0. The topological polar surface area (TPSA) is 3.88 Å². The summed E-state index contributed by atoms with van der Waals surface area (Å²) < 4.78 is 2.37. The van der Waals surface area contributed by atoms with Gasteiger partial charge in [-0.25, -0.2) is 0 Å². The van der Waals surface area contributed by atoms with E-state index in [0.29, 0.717) is 0 Å². The molecule has 0 fully saturated rings. The Morgan fingerprint density at radius 1 is 0.609 bits per heavy atom. The molecule has 1 heteroatoms. The molecule has 1 heterocycles. The van der Waals surface area contributed by atoms with Crippen LogP contribution in [0.15, 0.2) is 54.6 Å². The molecule has 0 unspecified atom stereocenters. The highest BCUT2D eigenvalue weighted by molar-refractivity contribution is 5.63. The summed E-state index contributed by atoms with van der Waals surface area (Å²) in [6.07, 6.45) is 0. The van der Waals surface area contributed by atoms with E-state index in [2.05, 4.69) is 93.8 Å². The van der Waals surface area contributed by atoms with Gasteiger partial charge in [-0.2, -0.15) is 4.57 Å². The fraction of sp³-hybridized carbons (Fsp3) is 0.227. The van der Waals surface area contributed by atoms with Crippen molar-refractivity contribution in [3.63, 3.8) is 0 Å². The van der Waals surface area contributed by atoms with Gasteiger partial charge < -0.3 is 0 Å². The summed E-state index contributed by atoms with van der Waals surface area (Å²) in [4.78, 5) is 0. The van der Waals surface area contributed by atoms with Crippen LogP contribution in [0.4, 0.5) is 0 Å². The highest BCUT2D eigenvalue weighted by Crippen LogP contribution is 2.23. The van der Waals surface area contributed by atoms with Crippen LogP contribution in [0.5, 0.6) is 0 Å². The van der Waals surface area contributed by atoms with E-state index in [1.54, 1.807) is 0 Å². The molecule has 0 spiro atoms. The highest BCUT2D eigenvalue weighted by Gasteiger charge is 2.21. The van der Waals surface area contributed by atoms with Crippen molar-refractivity contribution in [2.75, 3.05) is 0 Å². The molecule has 0 aliphatic rings. The Hall–Kier alpha value is -2.41. The molecule has 3 aromatic rings. The van der Waals surface area contributed by atoms with Crippen molar-refractivity contribution in [1.82, 2.24) is 0 Å². The first-order valence-corrected chi connectivity index (χ1v) is 8.14. The summed E-state index contributed by atoms with van der Waals surface area (Å²) >= 11 is 0. The van der Waals surface area contributed by atoms with Gasteiger partial charge in [0.25, 0.3) is 0 Å². The molecular formula is C22H24N+. The first kappa shape index (κ1) is 15.5. The average molecular weight is 302 g/mol. The molecule has 0 saturated carbocycles. The van der Waals surface area contributed by atoms with Gasteiger partial charge in [0.2, 0.25) is 5.69 Å². The van der Waals surface area contributed by atoms with Crippen LogP contribution in [0.3, 0.4) is 0 Å². The lowest BCUT2D eigenvalue weighted by atomic mass is 10.0. The number of nitrogens with zero attached hydrogens (tertiary/aromatic N) is 1. The molecule has 3 rings (SSSR count). The van der Waals surface area contributed by atoms with Crippen LogP contribution in [-0.2, 0) is 0 Å². The lowest BCUT2D eigenvalue weighted by Crippen LogP contribution is -2.39. The second kappa shape index (κ2) is 6.00. The Morgan fingerprint density at radius 3 is 1.65 bits per heavy atom. The van der Waals surface area contributed by atoms with Crippen LogP contribution in [0.1, 0.15) is 28.1 Å². The van der Waals surface area contributed by atoms with Gasteiger partial charge in [0.15, 0.2) is 11.4 Å². The van der Waals surface area contributed by atoms with Crippen molar-refractivity contribution in [2.24, 2.45) is 0 Å². The molecule has 1 aromatic heterocycles. The molecule has 0 N–H and O–H groups in total. The minimum atomic E-state index is 1.26. The van der Waals surface area contributed by atoms with E-state index < -0.39 is 0 Å². The van der Waals surface area contributed by atoms with E-state index >= 15 is 0 Å². The maximum absolute atomic E-state index is 2.37. The Labute approximate surface area is 139 Å². The number of benzene rings is 2. The van der Waals surface area contributed by atoms with Gasteiger partial charge >= 0.3 is 0 Å². The zero-order chi connectivity index (χ0) is 16.6. The van der Waals surface area contributed by atoms with Crippen molar-refractivity contribution in [3.8, 4) is 16.8 Å². The second-order valence-electron chi connectivity index (χ2n) is 6.48. The standard InChI is InChI=1S/C22H24N/c1-15-11-16(2)22(17(3)12-15)23-18(4)13-21(14-19(23)5)20-9-7-6-8-10-20/h6-14H,1-5H3/q+1. The third kappa shape index (κ3) is 2.92. The van der Waals surface area contributed by atoms with Crippen LogP contribution >= 0.6 is 0 Å². The van der Waals surface area contributed by atoms with Gasteiger partial charge in [0.1, 0.15) is 0 Å². The fourth-order valence-corrected chi connectivity index (χ4v) is 3.57. The maximum atomic E-state index is 2.37. The van der Waals surface area contributed by atoms with Gasteiger partial charge in [0.05, 0.1) is 0 Å². The van der Waals surface area contributed by atoms with Crippen molar-refractivity contribution in [3.05, 3.63) is 82.7 Å². The van der Waals surface area contributed by atoms with Crippen molar-refractivity contribution >= 4 is 0 Å². The summed E-state index contributed by atoms with van der Waals surface area (Å²) in [6, 6.07) is 19.7.